The predicted octanol–water partition coefficient (Wildman–Crippen LogP) is 0.670. The molecule has 0 radical (unpaired) electrons. The fourth-order valence-corrected chi connectivity index (χ4v) is 1.23. The van der Waals surface area contributed by atoms with E-state index in [9.17, 15) is 4.79 Å². The Bertz CT molecular complexity index is 421. The highest BCUT2D eigenvalue weighted by molar-refractivity contribution is 5.91. The van der Waals surface area contributed by atoms with E-state index in [1.165, 1.54) is 6.20 Å². The quantitative estimate of drug-likeness (QED) is 0.800. The van der Waals surface area contributed by atoms with Gasteiger partial charge in [-0.3, -0.25) is 4.79 Å². The lowest BCUT2D eigenvalue weighted by molar-refractivity contribution is 0.0779. The molecule has 0 atom stereocenters. The van der Waals surface area contributed by atoms with Crippen molar-refractivity contribution in [2.24, 2.45) is 0 Å². The van der Waals surface area contributed by atoms with Crippen LogP contribution in [0.15, 0.2) is 29.2 Å². The zero-order chi connectivity index (χ0) is 10.7. The Morgan fingerprint density at radius 3 is 3.13 bits per heavy atom. The molecule has 0 aliphatic carbocycles. The molecular weight excluding hydrogens is 196 g/mol. The molecule has 0 saturated carbocycles. The molecule has 0 aliphatic heterocycles. The summed E-state index contributed by atoms with van der Waals surface area (Å²) in [5, 5.41) is 9.69. The third kappa shape index (κ3) is 2.04. The van der Waals surface area contributed by atoms with Crippen molar-refractivity contribution < 1.29 is 9.21 Å². The number of rotatable bonds is 3. The molecule has 6 heteroatoms. The number of hydrogen-bond donors (Lipinski definition) is 1. The van der Waals surface area contributed by atoms with Gasteiger partial charge in [-0.1, -0.05) is 0 Å². The summed E-state index contributed by atoms with van der Waals surface area (Å²) >= 11 is 0. The molecular formula is C9H10N4O2. The van der Waals surface area contributed by atoms with Crippen LogP contribution in [0, 0.1) is 0 Å². The molecule has 78 valence electrons. The Balaban J connectivity index is 2.03. The molecule has 1 amide bonds. The molecule has 0 aromatic carbocycles. The number of aromatic amines is 1. The highest BCUT2D eigenvalue weighted by Gasteiger charge is 2.14. The smallest absolute Gasteiger partial charge is 0.276 e. The molecule has 1 N–H and O–H groups in total. The molecule has 2 heterocycles. The second-order valence-electron chi connectivity index (χ2n) is 3.15. The van der Waals surface area contributed by atoms with Gasteiger partial charge in [-0.25, -0.2) is 0 Å². The number of nitrogens with one attached hydrogen (secondary N) is 1. The number of carbonyl (C=O) groups is 1. The van der Waals surface area contributed by atoms with Crippen LogP contribution in [-0.2, 0) is 6.54 Å². The van der Waals surface area contributed by atoms with Crippen LogP contribution in [0.4, 0.5) is 0 Å². The summed E-state index contributed by atoms with van der Waals surface area (Å²) in [5.74, 6) is -0.176. The van der Waals surface area contributed by atoms with E-state index in [2.05, 4.69) is 15.4 Å². The van der Waals surface area contributed by atoms with Crippen LogP contribution in [0.5, 0.6) is 0 Å². The van der Waals surface area contributed by atoms with E-state index >= 15 is 0 Å². The zero-order valence-corrected chi connectivity index (χ0v) is 8.17. The maximum Gasteiger partial charge on any atom is 0.276 e. The van der Waals surface area contributed by atoms with Crippen molar-refractivity contribution in [1.29, 1.82) is 0 Å². The van der Waals surface area contributed by atoms with Crippen molar-refractivity contribution in [1.82, 2.24) is 20.3 Å². The highest BCUT2D eigenvalue weighted by atomic mass is 16.3. The minimum atomic E-state index is -0.176. The maximum atomic E-state index is 11.7. The fraction of sp³-hybridized carbons (Fsp3) is 0.222. The van der Waals surface area contributed by atoms with Gasteiger partial charge < -0.3 is 9.32 Å². The van der Waals surface area contributed by atoms with Crippen LogP contribution in [-0.4, -0.2) is 33.3 Å². The number of carbonyl (C=O) groups excluding carboxylic acids is 1. The lowest BCUT2D eigenvalue weighted by Gasteiger charge is -2.13. The monoisotopic (exact) mass is 206 g/mol. The summed E-state index contributed by atoms with van der Waals surface area (Å²) in [5.41, 5.74) is 1.25. The molecule has 0 fully saturated rings. The summed E-state index contributed by atoms with van der Waals surface area (Å²) < 4.78 is 4.91. The Morgan fingerprint density at radius 1 is 1.67 bits per heavy atom. The van der Waals surface area contributed by atoms with Gasteiger partial charge in [-0.2, -0.15) is 15.4 Å². The molecule has 2 aromatic heterocycles. The Kier molecular flexibility index (Phi) is 2.49. The number of amides is 1. The van der Waals surface area contributed by atoms with Crippen molar-refractivity contribution in [3.05, 3.63) is 36.0 Å². The first-order chi connectivity index (χ1) is 7.27. The lowest BCUT2D eigenvalue weighted by atomic mass is 10.3. The van der Waals surface area contributed by atoms with Gasteiger partial charge in [0.05, 0.1) is 18.7 Å². The van der Waals surface area contributed by atoms with E-state index < -0.39 is 0 Å². The van der Waals surface area contributed by atoms with Crippen LogP contribution < -0.4 is 0 Å². The molecule has 15 heavy (non-hydrogen) atoms. The number of furan rings is 1. The summed E-state index contributed by atoms with van der Waals surface area (Å²) in [7, 11) is 1.70. The normalized spacial score (nSPS) is 10.2. The Hall–Kier alpha value is -2.11. The zero-order valence-electron chi connectivity index (χ0n) is 8.17. The average molecular weight is 206 g/mol. The van der Waals surface area contributed by atoms with E-state index in [1.54, 1.807) is 24.5 Å². The molecule has 0 spiro atoms. The summed E-state index contributed by atoms with van der Waals surface area (Å²) in [6, 6.07) is 1.81. The second kappa shape index (κ2) is 3.95. The summed E-state index contributed by atoms with van der Waals surface area (Å²) in [6.07, 6.45) is 4.57. The first kappa shape index (κ1) is 9.45. The Morgan fingerprint density at radius 2 is 2.53 bits per heavy atom. The standard InChI is InChI=1S/C9H10N4O2/c1-13(5-7-2-3-15-6-7)9(14)8-4-10-12-11-8/h2-4,6H,5H2,1H3,(H,10,11,12). The van der Waals surface area contributed by atoms with Gasteiger partial charge >= 0.3 is 0 Å². The van der Waals surface area contributed by atoms with Crippen LogP contribution in [0.2, 0.25) is 0 Å². The fourth-order valence-electron chi connectivity index (χ4n) is 1.23. The van der Waals surface area contributed by atoms with Gasteiger partial charge in [0.15, 0.2) is 5.69 Å². The van der Waals surface area contributed by atoms with Crippen molar-refractivity contribution in [3.8, 4) is 0 Å². The number of H-pyrrole nitrogens is 1. The summed E-state index contributed by atoms with van der Waals surface area (Å²) in [4.78, 5) is 13.2. The highest BCUT2D eigenvalue weighted by Crippen LogP contribution is 2.06. The van der Waals surface area contributed by atoms with Gasteiger partial charge in [-0.05, 0) is 6.07 Å². The molecule has 2 aromatic rings. The van der Waals surface area contributed by atoms with Crippen molar-refractivity contribution in [3.63, 3.8) is 0 Å². The molecule has 2 rings (SSSR count). The van der Waals surface area contributed by atoms with E-state index in [1.807, 2.05) is 6.07 Å². The SMILES string of the molecule is CN(Cc1ccoc1)C(=O)c1cn[nH]n1. The van der Waals surface area contributed by atoms with Crippen LogP contribution >= 0.6 is 0 Å². The van der Waals surface area contributed by atoms with Gasteiger partial charge in [0.25, 0.3) is 5.91 Å². The molecule has 0 unspecified atom stereocenters. The van der Waals surface area contributed by atoms with Crippen molar-refractivity contribution >= 4 is 5.91 Å². The van der Waals surface area contributed by atoms with Gasteiger partial charge in [0.2, 0.25) is 0 Å². The average Bonchev–Trinajstić information content (AvgIpc) is 2.88. The van der Waals surface area contributed by atoms with Gasteiger partial charge in [-0.15, -0.1) is 0 Å². The number of hydrogen-bond acceptors (Lipinski definition) is 4. The second-order valence-corrected chi connectivity index (χ2v) is 3.15. The topological polar surface area (TPSA) is 75.0 Å². The van der Waals surface area contributed by atoms with Crippen molar-refractivity contribution in [2.75, 3.05) is 7.05 Å². The molecule has 0 saturated heterocycles. The largest absolute Gasteiger partial charge is 0.472 e. The van der Waals surface area contributed by atoms with Crippen LogP contribution in [0.1, 0.15) is 16.1 Å². The summed E-state index contributed by atoms with van der Waals surface area (Å²) in [6.45, 7) is 0.488. The number of nitrogens with zero attached hydrogens (tertiary/aromatic N) is 3. The predicted molar refractivity (Wildman–Crippen MR) is 50.9 cm³/mol. The maximum absolute atomic E-state index is 11.7. The first-order valence-corrected chi connectivity index (χ1v) is 4.39. The minimum Gasteiger partial charge on any atom is -0.472 e. The number of aromatic nitrogens is 3. The van der Waals surface area contributed by atoms with Crippen LogP contribution in [0.25, 0.3) is 0 Å². The van der Waals surface area contributed by atoms with Crippen LogP contribution in [0.3, 0.4) is 0 Å². The minimum absolute atomic E-state index is 0.176. The van der Waals surface area contributed by atoms with E-state index in [0.29, 0.717) is 12.2 Å². The third-order valence-corrected chi connectivity index (χ3v) is 1.98. The lowest BCUT2D eigenvalue weighted by Crippen LogP contribution is -2.26. The van der Waals surface area contributed by atoms with E-state index in [-0.39, 0.29) is 5.91 Å². The van der Waals surface area contributed by atoms with E-state index in [0.717, 1.165) is 5.56 Å². The molecule has 0 bridgehead atoms. The molecule has 6 nitrogen and oxygen atoms in total. The van der Waals surface area contributed by atoms with Crippen molar-refractivity contribution in [2.45, 2.75) is 6.54 Å². The van der Waals surface area contributed by atoms with Gasteiger partial charge in [0, 0.05) is 19.2 Å². The van der Waals surface area contributed by atoms with Gasteiger partial charge in [0.1, 0.15) is 0 Å². The van der Waals surface area contributed by atoms with E-state index in [4.69, 9.17) is 4.42 Å². The third-order valence-electron chi connectivity index (χ3n) is 1.98. The molecule has 0 aliphatic rings. The Labute approximate surface area is 85.9 Å². The first-order valence-electron chi connectivity index (χ1n) is 4.39.